The predicted molar refractivity (Wildman–Crippen MR) is 50.6 cm³/mol. The van der Waals surface area contributed by atoms with Crippen molar-refractivity contribution in [1.29, 1.82) is 0 Å². The number of halogens is 1. The zero-order chi connectivity index (χ0) is 8.39. The van der Waals surface area contributed by atoms with Gasteiger partial charge in [0.2, 0.25) is 0 Å². The van der Waals surface area contributed by atoms with Crippen LogP contribution >= 0.6 is 11.8 Å². The number of nitrogens with zero attached hydrogens (tertiary/aromatic N) is 2. The van der Waals surface area contributed by atoms with Gasteiger partial charge in [-0.25, -0.2) is 0 Å². The number of anilines is 1. The maximum absolute atomic E-state index is 5.76. The lowest BCUT2D eigenvalue weighted by Crippen LogP contribution is -2.18. The molecule has 0 bridgehead atoms. The molecule has 0 aromatic heterocycles. The van der Waals surface area contributed by atoms with Gasteiger partial charge in [0, 0.05) is 29.9 Å². The number of benzene rings is 1. The first-order valence-electron chi connectivity index (χ1n) is 3.79. The number of rotatable bonds is 1. The van der Waals surface area contributed by atoms with Crippen molar-refractivity contribution >= 4 is 17.5 Å². The lowest BCUT2D eigenvalue weighted by atomic mass is 10.3. The Labute approximate surface area is 76.8 Å². The van der Waals surface area contributed by atoms with Crippen molar-refractivity contribution in [2.24, 2.45) is 0 Å². The molecule has 1 heterocycles. The molecule has 0 spiro atoms. The normalized spacial score (nSPS) is 15.8. The van der Waals surface area contributed by atoms with Gasteiger partial charge in [-0.3, -0.25) is 4.42 Å². The maximum atomic E-state index is 5.76. The SMILES string of the molecule is ClN1C=CN(c2ccccc2)C1. The van der Waals surface area contributed by atoms with Gasteiger partial charge in [0.05, 0.1) is 0 Å². The molecule has 0 fully saturated rings. The molecular formula is C9H9ClN2. The van der Waals surface area contributed by atoms with Crippen molar-refractivity contribution in [3.8, 4) is 0 Å². The van der Waals surface area contributed by atoms with E-state index < -0.39 is 0 Å². The van der Waals surface area contributed by atoms with Crippen LogP contribution in [-0.2, 0) is 0 Å². The molecular weight excluding hydrogens is 172 g/mol. The molecule has 0 saturated carbocycles. The molecule has 2 rings (SSSR count). The van der Waals surface area contributed by atoms with Gasteiger partial charge in [-0.15, -0.1) is 0 Å². The second-order valence-electron chi connectivity index (χ2n) is 2.64. The molecule has 0 amide bonds. The summed E-state index contributed by atoms with van der Waals surface area (Å²) in [6.45, 7) is 0.714. The fourth-order valence-corrected chi connectivity index (χ4v) is 1.35. The van der Waals surface area contributed by atoms with E-state index in [0.29, 0.717) is 6.67 Å². The molecule has 0 unspecified atom stereocenters. The van der Waals surface area contributed by atoms with E-state index in [2.05, 4.69) is 17.0 Å². The van der Waals surface area contributed by atoms with E-state index in [1.807, 2.05) is 30.6 Å². The Morgan fingerprint density at radius 3 is 2.42 bits per heavy atom. The summed E-state index contributed by atoms with van der Waals surface area (Å²) in [7, 11) is 0. The zero-order valence-corrected chi connectivity index (χ0v) is 7.28. The first-order chi connectivity index (χ1) is 5.86. The topological polar surface area (TPSA) is 6.48 Å². The molecule has 0 radical (unpaired) electrons. The molecule has 62 valence electrons. The number of para-hydroxylation sites is 1. The monoisotopic (exact) mass is 180 g/mol. The maximum Gasteiger partial charge on any atom is 0.110 e. The summed E-state index contributed by atoms with van der Waals surface area (Å²) >= 11 is 5.76. The minimum atomic E-state index is 0.714. The van der Waals surface area contributed by atoms with Gasteiger partial charge < -0.3 is 4.90 Å². The highest BCUT2D eigenvalue weighted by Gasteiger charge is 2.10. The Kier molecular flexibility index (Phi) is 1.92. The molecule has 0 N–H and O–H groups in total. The van der Waals surface area contributed by atoms with Crippen LogP contribution in [0.15, 0.2) is 42.7 Å². The summed E-state index contributed by atoms with van der Waals surface area (Å²) in [6, 6.07) is 10.1. The van der Waals surface area contributed by atoms with Crippen LogP contribution in [0, 0.1) is 0 Å². The van der Waals surface area contributed by atoms with E-state index in [0.717, 1.165) is 5.69 Å². The Morgan fingerprint density at radius 2 is 1.83 bits per heavy atom. The first-order valence-corrected chi connectivity index (χ1v) is 4.12. The Bertz CT molecular complexity index is 284. The van der Waals surface area contributed by atoms with Crippen molar-refractivity contribution in [3.05, 3.63) is 42.7 Å². The van der Waals surface area contributed by atoms with E-state index in [-0.39, 0.29) is 0 Å². The fraction of sp³-hybridized carbons (Fsp3) is 0.111. The smallest absolute Gasteiger partial charge is 0.110 e. The van der Waals surface area contributed by atoms with Gasteiger partial charge in [-0.05, 0) is 12.1 Å². The Hall–Kier alpha value is -1.15. The highest BCUT2D eigenvalue weighted by atomic mass is 35.5. The van der Waals surface area contributed by atoms with Crippen molar-refractivity contribution in [2.45, 2.75) is 0 Å². The van der Waals surface area contributed by atoms with Gasteiger partial charge in [-0.2, -0.15) is 0 Å². The van der Waals surface area contributed by atoms with Crippen LogP contribution in [0.3, 0.4) is 0 Å². The fourth-order valence-electron chi connectivity index (χ4n) is 1.18. The van der Waals surface area contributed by atoms with Crippen LogP contribution in [0.25, 0.3) is 0 Å². The Balaban J connectivity index is 2.18. The molecule has 1 aliphatic heterocycles. The number of hydrogen-bond acceptors (Lipinski definition) is 2. The highest BCUT2D eigenvalue weighted by Crippen LogP contribution is 2.18. The third kappa shape index (κ3) is 1.38. The minimum absolute atomic E-state index is 0.714. The van der Waals surface area contributed by atoms with Gasteiger partial charge in [0.25, 0.3) is 0 Å². The first kappa shape index (κ1) is 7.50. The third-order valence-corrected chi connectivity index (χ3v) is 2.00. The van der Waals surface area contributed by atoms with Crippen LogP contribution in [0.4, 0.5) is 5.69 Å². The lowest BCUT2D eigenvalue weighted by molar-refractivity contribution is 0.650. The average molecular weight is 181 g/mol. The van der Waals surface area contributed by atoms with E-state index in [9.17, 15) is 0 Å². The van der Waals surface area contributed by atoms with Crippen LogP contribution in [-0.4, -0.2) is 11.1 Å². The van der Waals surface area contributed by atoms with E-state index in [1.54, 1.807) is 4.42 Å². The quantitative estimate of drug-likeness (QED) is 0.613. The van der Waals surface area contributed by atoms with E-state index >= 15 is 0 Å². The summed E-state index contributed by atoms with van der Waals surface area (Å²) < 4.78 is 1.62. The average Bonchev–Trinajstić information content (AvgIpc) is 2.54. The minimum Gasteiger partial charge on any atom is -0.327 e. The van der Waals surface area contributed by atoms with Crippen LogP contribution < -0.4 is 4.90 Å². The molecule has 1 aliphatic rings. The molecule has 0 aliphatic carbocycles. The summed E-state index contributed by atoms with van der Waals surface area (Å²) in [5, 5.41) is 0. The van der Waals surface area contributed by atoms with Crippen LogP contribution in [0.2, 0.25) is 0 Å². The molecule has 1 aromatic rings. The summed E-state index contributed by atoms with van der Waals surface area (Å²) in [4.78, 5) is 2.08. The summed E-state index contributed by atoms with van der Waals surface area (Å²) in [5.74, 6) is 0. The Morgan fingerprint density at radius 1 is 1.08 bits per heavy atom. The standard InChI is InChI=1S/C9H9ClN2/c10-12-7-6-11(8-12)9-4-2-1-3-5-9/h1-7H,8H2. The molecule has 0 saturated heterocycles. The largest absolute Gasteiger partial charge is 0.327 e. The lowest BCUT2D eigenvalue weighted by Gasteiger charge is -2.16. The summed E-state index contributed by atoms with van der Waals surface area (Å²) in [5.41, 5.74) is 1.16. The summed E-state index contributed by atoms with van der Waals surface area (Å²) in [6.07, 6.45) is 3.80. The van der Waals surface area contributed by atoms with Gasteiger partial charge in [0.15, 0.2) is 0 Å². The molecule has 0 atom stereocenters. The van der Waals surface area contributed by atoms with Crippen LogP contribution in [0.5, 0.6) is 0 Å². The molecule has 2 nitrogen and oxygen atoms in total. The predicted octanol–water partition coefficient (Wildman–Crippen LogP) is 2.39. The van der Waals surface area contributed by atoms with Gasteiger partial charge in [0.1, 0.15) is 6.67 Å². The van der Waals surface area contributed by atoms with Crippen molar-refractivity contribution in [1.82, 2.24) is 4.42 Å². The second-order valence-corrected chi connectivity index (χ2v) is 3.08. The van der Waals surface area contributed by atoms with Crippen LogP contribution in [0.1, 0.15) is 0 Å². The highest BCUT2D eigenvalue weighted by molar-refractivity contribution is 6.14. The van der Waals surface area contributed by atoms with Crippen molar-refractivity contribution in [3.63, 3.8) is 0 Å². The van der Waals surface area contributed by atoms with Crippen molar-refractivity contribution in [2.75, 3.05) is 11.6 Å². The molecule has 12 heavy (non-hydrogen) atoms. The number of hydrogen-bond donors (Lipinski definition) is 0. The van der Waals surface area contributed by atoms with E-state index in [1.165, 1.54) is 0 Å². The van der Waals surface area contributed by atoms with E-state index in [4.69, 9.17) is 11.8 Å². The molecule has 3 heteroatoms. The van der Waals surface area contributed by atoms with Gasteiger partial charge >= 0.3 is 0 Å². The second kappa shape index (κ2) is 3.07. The third-order valence-electron chi connectivity index (χ3n) is 1.78. The van der Waals surface area contributed by atoms with Crippen molar-refractivity contribution < 1.29 is 0 Å². The van der Waals surface area contributed by atoms with Gasteiger partial charge in [-0.1, -0.05) is 18.2 Å². The zero-order valence-electron chi connectivity index (χ0n) is 6.52. The molecule has 1 aromatic carbocycles.